The number of sulfonamides is 1. The zero-order valence-electron chi connectivity index (χ0n) is 19.5. The average molecular weight is 488 g/mol. The van der Waals surface area contributed by atoms with E-state index in [1.807, 2.05) is 50.2 Å². The maximum atomic E-state index is 12.9. The van der Waals surface area contributed by atoms with Crippen LogP contribution < -0.4 is 10.1 Å². The lowest BCUT2D eigenvalue weighted by Gasteiger charge is -2.12. The Balaban J connectivity index is 1.54. The molecule has 0 spiro atoms. The number of fused-ring (bicyclic) bond motifs is 1. The number of carbonyl (C=O) groups excluding carboxylic acids is 1. The summed E-state index contributed by atoms with van der Waals surface area (Å²) in [6.07, 6.45) is 0. The van der Waals surface area contributed by atoms with Gasteiger partial charge in [0.1, 0.15) is 5.75 Å². The standard InChI is InChI=1S/C27H25N3O4S/c1-17-11-14-25(18(2)15-17)30-35(33,34)22-9-6-8-21(16-22)27(32)29-28-19(3)23-13-12-20-7-4-5-10-24(20)26(23)31/h4-16,30-31H,1-3H3,(H,29,32). The van der Waals surface area contributed by atoms with Crippen molar-refractivity contribution in [1.29, 1.82) is 0 Å². The second-order valence-corrected chi connectivity index (χ2v) is 9.96. The average Bonchev–Trinajstić information content (AvgIpc) is 2.84. The van der Waals surface area contributed by atoms with Gasteiger partial charge in [-0.2, -0.15) is 5.10 Å². The van der Waals surface area contributed by atoms with Crippen LogP contribution in [0.3, 0.4) is 0 Å². The third-order valence-electron chi connectivity index (χ3n) is 5.65. The van der Waals surface area contributed by atoms with E-state index in [0.29, 0.717) is 22.3 Å². The minimum atomic E-state index is -3.90. The number of carbonyl (C=O) groups is 1. The normalized spacial score (nSPS) is 11.9. The van der Waals surface area contributed by atoms with Crippen molar-refractivity contribution in [1.82, 2.24) is 5.43 Å². The smallest absolute Gasteiger partial charge is 0.271 e. The van der Waals surface area contributed by atoms with Crippen molar-refractivity contribution in [3.05, 3.63) is 101 Å². The van der Waals surface area contributed by atoms with E-state index in [0.717, 1.165) is 16.5 Å². The number of hydrogen-bond acceptors (Lipinski definition) is 5. The van der Waals surface area contributed by atoms with Crippen molar-refractivity contribution in [3.63, 3.8) is 0 Å². The van der Waals surface area contributed by atoms with Crippen molar-refractivity contribution in [3.8, 4) is 5.75 Å². The molecule has 35 heavy (non-hydrogen) atoms. The van der Waals surface area contributed by atoms with Crippen LogP contribution in [0.25, 0.3) is 10.8 Å². The van der Waals surface area contributed by atoms with Gasteiger partial charge in [-0.15, -0.1) is 0 Å². The van der Waals surface area contributed by atoms with Gasteiger partial charge in [0.2, 0.25) is 0 Å². The molecular formula is C27H25N3O4S. The molecule has 0 aliphatic carbocycles. The van der Waals surface area contributed by atoms with E-state index in [-0.39, 0.29) is 16.2 Å². The van der Waals surface area contributed by atoms with Crippen molar-refractivity contribution in [2.45, 2.75) is 25.7 Å². The van der Waals surface area contributed by atoms with Gasteiger partial charge in [-0.05, 0) is 62.1 Å². The highest BCUT2D eigenvalue weighted by atomic mass is 32.2. The van der Waals surface area contributed by atoms with Crippen LogP contribution >= 0.6 is 0 Å². The van der Waals surface area contributed by atoms with Gasteiger partial charge in [0.05, 0.1) is 16.3 Å². The molecule has 3 N–H and O–H groups in total. The molecule has 0 aromatic heterocycles. The number of rotatable bonds is 6. The van der Waals surface area contributed by atoms with Gasteiger partial charge in [-0.1, -0.05) is 54.1 Å². The molecule has 0 saturated carbocycles. The number of hydrogen-bond donors (Lipinski definition) is 3. The Labute approximate surface area is 204 Å². The van der Waals surface area contributed by atoms with Crippen LogP contribution in [-0.2, 0) is 10.0 Å². The molecule has 4 aromatic carbocycles. The van der Waals surface area contributed by atoms with Gasteiger partial charge in [-0.3, -0.25) is 9.52 Å². The largest absolute Gasteiger partial charge is 0.507 e. The first-order valence-electron chi connectivity index (χ1n) is 10.9. The summed E-state index contributed by atoms with van der Waals surface area (Å²) < 4.78 is 28.4. The second-order valence-electron chi connectivity index (χ2n) is 8.27. The number of amides is 1. The summed E-state index contributed by atoms with van der Waals surface area (Å²) in [6, 6.07) is 22.1. The summed E-state index contributed by atoms with van der Waals surface area (Å²) in [4.78, 5) is 12.7. The Hall–Kier alpha value is -4.17. The Morgan fingerprint density at radius 3 is 2.46 bits per heavy atom. The first-order chi connectivity index (χ1) is 16.7. The van der Waals surface area contributed by atoms with E-state index in [4.69, 9.17) is 0 Å². The lowest BCUT2D eigenvalue weighted by Crippen LogP contribution is -2.20. The van der Waals surface area contributed by atoms with E-state index in [2.05, 4.69) is 15.2 Å². The molecule has 4 aromatic rings. The highest BCUT2D eigenvalue weighted by Crippen LogP contribution is 2.29. The van der Waals surface area contributed by atoms with Crippen LogP contribution in [0.4, 0.5) is 5.69 Å². The third-order valence-corrected chi connectivity index (χ3v) is 7.01. The van der Waals surface area contributed by atoms with Crippen LogP contribution in [0.1, 0.15) is 34.0 Å². The summed E-state index contributed by atoms with van der Waals surface area (Å²) >= 11 is 0. The molecule has 0 unspecified atom stereocenters. The molecule has 4 rings (SSSR count). The summed E-state index contributed by atoms with van der Waals surface area (Å²) in [6.45, 7) is 5.42. The van der Waals surface area contributed by atoms with Gasteiger partial charge in [-0.25, -0.2) is 13.8 Å². The molecule has 1 amide bonds. The van der Waals surface area contributed by atoms with Crippen LogP contribution in [0.2, 0.25) is 0 Å². The Morgan fingerprint density at radius 1 is 0.914 bits per heavy atom. The molecule has 0 fully saturated rings. The molecule has 0 atom stereocenters. The molecule has 8 heteroatoms. The van der Waals surface area contributed by atoms with E-state index in [1.54, 1.807) is 25.1 Å². The van der Waals surface area contributed by atoms with Crippen LogP contribution in [0, 0.1) is 13.8 Å². The van der Waals surface area contributed by atoms with Crippen molar-refractivity contribution in [2.75, 3.05) is 4.72 Å². The number of hydrazone groups is 1. The summed E-state index contributed by atoms with van der Waals surface area (Å²) in [5.74, 6) is -0.502. The van der Waals surface area contributed by atoms with Crippen LogP contribution in [-0.4, -0.2) is 25.1 Å². The number of aryl methyl sites for hydroxylation is 2. The maximum absolute atomic E-state index is 12.9. The molecular weight excluding hydrogens is 462 g/mol. The van der Waals surface area contributed by atoms with Gasteiger partial charge in [0.25, 0.3) is 15.9 Å². The maximum Gasteiger partial charge on any atom is 0.271 e. The number of aromatic hydroxyl groups is 1. The highest BCUT2D eigenvalue weighted by molar-refractivity contribution is 7.92. The summed E-state index contributed by atoms with van der Waals surface area (Å²) in [5, 5.41) is 16.3. The Morgan fingerprint density at radius 2 is 1.69 bits per heavy atom. The molecule has 178 valence electrons. The lowest BCUT2D eigenvalue weighted by molar-refractivity contribution is 0.0954. The molecule has 0 radical (unpaired) electrons. The summed E-state index contributed by atoms with van der Waals surface area (Å²) in [5.41, 5.74) is 5.75. The minimum Gasteiger partial charge on any atom is -0.507 e. The van der Waals surface area contributed by atoms with E-state index in [9.17, 15) is 18.3 Å². The predicted molar refractivity (Wildman–Crippen MR) is 138 cm³/mol. The predicted octanol–water partition coefficient (Wildman–Crippen LogP) is 5.12. The first kappa shape index (κ1) is 24.0. The molecule has 0 bridgehead atoms. The fourth-order valence-corrected chi connectivity index (χ4v) is 4.92. The van der Waals surface area contributed by atoms with Gasteiger partial charge in [0.15, 0.2) is 0 Å². The zero-order valence-corrected chi connectivity index (χ0v) is 20.3. The Bertz CT molecular complexity index is 1580. The number of anilines is 1. The van der Waals surface area contributed by atoms with Crippen molar-refractivity contribution >= 4 is 38.1 Å². The minimum absolute atomic E-state index is 0.0435. The molecule has 0 aliphatic rings. The fourth-order valence-electron chi connectivity index (χ4n) is 3.74. The second kappa shape index (κ2) is 9.60. The van der Waals surface area contributed by atoms with Crippen LogP contribution in [0.15, 0.2) is 88.9 Å². The van der Waals surface area contributed by atoms with Crippen LogP contribution in [0.5, 0.6) is 5.75 Å². The molecule has 7 nitrogen and oxygen atoms in total. The number of benzene rings is 4. The molecule has 0 heterocycles. The third kappa shape index (κ3) is 5.17. The summed E-state index contributed by atoms with van der Waals surface area (Å²) in [7, 11) is -3.90. The van der Waals surface area contributed by atoms with E-state index < -0.39 is 15.9 Å². The van der Waals surface area contributed by atoms with Gasteiger partial charge in [0, 0.05) is 16.5 Å². The van der Waals surface area contributed by atoms with Crippen molar-refractivity contribution in [2.24, 2.45) is 5.10 Å². The monoisotopic (exact) mass is 487 g/mol. The molecule has 0 aliphatic heterocycles. The van der Waals surface area contributed by atoms with Gasteiger partial charge < -0.3 is 5.11 Å². The van der Waals surface area contributed by atoms with Gasteiger partial charge >= 0.3 is 0 Å². The first-order valence-corrected chi connectivity index (χ1v) is 12.4. The number of nitrogens with one attached hydrogen (secondary N) is 2. The fraction of sp³-hybridized carbons (Fsp3) is 0.111. The lowest BCUT2D eigenvalue weighted by atomic mass is 10.0. The SMILES string of the molecule is CC(=NNC(=O)c1cccc(S(=O)(=O)Nc2ccc(C)cc2C)c1)c1ccc2ccccc2c1O. The van der Waals surface area contributed by atoms with Crippen molar-refractivity contribution < 1.29 is 18.3 Å². The molecule has 0 saturated heterocycles. The van der Waals surface area contributed by atoms with E-state index >= 15 is 0 Å². The zero-order chi connectivity index (χ0) is 25.2. The Kier molecular flexibility index (Phi) is 6.57. The highest BCUT2D eigenvalue weighted by Gasteiger charge is 2.18. The number of phenols is 1. The number of phenolic OH excluding ortho intramolecular Hbond substituents is 1. The topological polar surface area (TPSA) is 108 Å². The number of nitrogens with zero attached hydrogens (tertiary/aromatic N) is 1. The van der Waals surface area contributed by atoms with E-state index in [1.165, 1.54) is 24.3 Å². The quantitative estimate of drug-likeness (QED) is 0.259.